The normalized spacial score (nSPS) is 11.5. The molecule has 7 heteroatoms. The van der Waals surface area contributed by atoms with E-state index in [0.29, 0.717) is 22.8 Å². The van der Waals surface area contributed by atoms with Crippen molar-refractivity contribution in [2.75, 3.05) is 5.73 Å². The number of rotatable bonds is 6. The molecule has 3 aromatic carbocycles. The first kappa shape index (κ1) is 20.0. The zero-order chi connectivity index (χ0) is 21.8. The molecule has 156 valence electrons. The van der Waals surface area contributed by atoms with Gasteiger partial charge in [-0.05, 0) is 53.6 Å². The second-order valence-corrected chi connectivity index (χ2v) is 6.94. The summed E-state index contributed by atoms with van der Waals surface area (Å²) in [7, 11) is 0. The minimum atomic E-state index is -0.763. The van der Waals surface area contributed by atoms with Crippen molar-refractivity contribution in [3.63, 3.8) is 0 Å². The number of hydrogen-bond acceptors (Lipinski definition) is 6. The molecule has 0 atom stereocenters. The quantitative estimate of drug-likeness (QED) is 0.159. The molecule has 7 nitrogen and oxygen atoms in total. The van der Waals surface area contributed by atoms with Gasteiger partial charge in [-0.3, -0.25) is 0 Å². The third kappa shape index (κ3) is 4.51. The van der Waals surface area contributed by atoms with Crippen molar-refractivity contribution in [3.8, 4) is 5.75 Å². The molecule has 0 aliphatic rings. The molecule has 1 aromatic heterocycles. The molecule has 4 rings (SSSR count). The van der Waals surface area contributed by atoms with Crippen LogP contribution in [0.1, 0.15) is 27.4 Å². The molecule has 0 aliphatic heterocycles. The number of nitrogens with zero attached hydrogens (tertiary/aromatic N) is 1. The van der Waals surface area contributed by atoms with Crippen molar-refractivity contribution in [2.45, 2.75) is 13.5 Å². The molecular weight excluding hydrogens is 394 g/mol. The van der Waals surface area contributed by atoms with Gasteiger partial charge in [0.2, 0.25) is 5.76 Å². The van der Waals surface area contributed by atoms with E-state index in [4.69, 9.17) is 25.5 Å². The molecule has 31 heavy (non-hydrogen) atoms. The topological polar surface area (TPSA) is 113 Å². The highest BCUT2D eigenvalue weighted by atomic mass is 16.7. The average Bonchev–Trinajstić information content (AvgIpc) is 3.27. The second-order valence-electron chi connectivity index (χ2n) is 6.94. The van der Waals surface area contributed by atoms with Crippen LogP contribution in [-0.4, -0.2) is 11.8 Å². The van der Waals surface area contributed by atoms with E-state index in [1.54, 1.807) is 24.3 Å². The summed E-state index contributed by atoms with van der Waals surface area (Å²) in [5.41, 5.74) is 13.7. The number of carbonyl (C=O) groups excluding carboxylic acids is 1. The predicted octanol–water partition coefficient (Wildman–Crippen LogP) is 4.38. The van der Waals surface area contributed by atoms with E-state index in [1.165, 1.54) is 6.07 Å². The molecule has 0 saturated heterocycles. The van der Waals surface area contributed by atoms with Crippen molar-refractivity contribution < 1.29 is 18.8 Å². The average molecular weight is 415 g/mol. The number of oxime groups is 1. The molecule has 0 saturated carbocycles. The Morgan fingerprint density at radius 1 is 1.00 bits per heavy atom. The van der Waals surface area contributed by atoms with Crippen LogP contribution < -0.4 is 16.2 Å². The highest BCUT2D eigenvalue weighted by Gasteiger charge is 2.15. The number of hydrogen-bond donors (Lipinski definition) is 2. The van der Waals surface area contributed by atoms with Crippen molar-refractivity contribution >= 4 is 28.3 Å². The third-order valence-corrected chi connectivity index (χ3v) is 4.84. The maximum absolute atomic E-state index is 12.2. The van der Waals surface area contributed by atoms with Crippen molar-refractivity contribution in [1.29, 1.82) is 0 Å². The van der Waals surface area contributed by atoms with Gasteiger partial charge >= 0.3 is 5.97 Å². The minimum absolute atomic E-state index is 0.00189. The predicted molar refractivity (Wildman–Crippen MR) is 119 cm³/mol. The Bertz CT molecular complexity index is 1280. The second kappa shape index (κ2) is 8.62. The van der Waals surface area contributed by atoms with E-state index < -0.39 is 5.97 Å². The van der Waals surface area contributed by atoms with E-state index in [9.17, 15) is 4.79 Å². The van der Waals surface area contributed by atoms with Crippen LogP contribution in [0.25, 0.3) is 10.8 Å². The summed E-state index contributed by atoms with van der Waals surface area (Å²) >= 11 is 0. The van der Waals surface area contributed by atoms with Gasteiger partial charge in [0.1, 0.15) is 18.1 Å². The summed E-state index contributed by atoms with van der Waals surface area (Å²) in [6.07, 6.45) is 0. The summed E-state index contributed by atoms with van der Waals surface area (Å²) in [4.78, 5) is 17.1. The SMILES string of the molecule is Cc1c(N)cccc1/C(N)=N/OC(=O)c1ccc(COc2ccc3ccccc3c2)o1. The van der Waals surface area contributed by atoms with Crippen LogP contribution >= 0.6 is 0 Å². The van der Waals surface area contributed by atoms with Crippen LogP contribution in [0.2, 0.25) is 0 Å². The van der Waals surface area contributed by atoms with Crippen LogP contribution in [0, 0.1) is 6.92 Å². The molecule has 4 N–H and O–H groups in total. The summed E-state index contributed by atoms with van der Waals surface area (Å²) in [5.74, 6) is 0.460. The zero-order valence-electron chi connectivity index (χ0n) is 16.9. The van der Waals surface area contributed by atoms with Crippen molar-refractivity contribution in [2.24, 2.45) is 10.9 Å². The lowest BCUT2D eigenvalue weighted by molar-refractivity contribution is 0.0475. The Hall–Kier alpha value is -4.26. The Morgan fingerprint density at radius 3 is 2.65 bits per heavy atom. The summed E-state index contributed by atoms with van der Waals surface area (Å²) in [5, 5.41) is 5.91. The number of furan rings is 1. The summed E-state index contributed by atoms with van der Waals surface area (Å²) in [6.45, 7) is 1.97. The lowest BCUT2D eigenvalue weighted by Gasteiger charge is -2.06. The standard InChI is InChI=1S/C24H21N3O4/c1-15-20(7-4-8-21(15)25)23(26)27-31-24(28)22-12-11-19(30-22)14-29-18-10-9-16-5-2-3-6-17(16)13-18/h2-13H,14,25H2,1H3,(H2,26,27). The number of carbonyl (C=O) groups is 1. The van der Waals surface area contributed by atoms with E-state index in [2.05, 4.69) is 5.16 Å². The molecule has 0 aliphatic carbocycles. The lowest BCUT2D eigenvalue weighted by Crippen LogP contribution is -2.17. The van der Waals surface area contributed by atoms with Crippen molar-refractivity contribution in [3.05, 3.63) is 95.4 Å². The van der Waals surface area contributed by atoms with Gasteiger partial charge in [0, 0.05) is 11.3 Å². The fourth-order valence-electron chi connectivity index (χ4n) is 3.09. The first-order chi connectivity index (χ1) is 15.0. The van der Waals surface area contributed by atoms with E-state index in [-0.39, 0.29) is 18.2 Å². The van der Waals surface area contributed by atoms with Gasteiger partial charge in [0.15, 0.2) is 5.84 Å². The van der Waals surface area contributed by atoms with Gasteiger partial charge in [-0.25, -0.2) is 4.79 Å². The monoisotopic (exact) mass is 415 g/mol. The zero-order valence-corrected chi connectivity index (χ0v) is 16.9. The first-order valence-electron chi connectivity index (χ1n) is 9.62. The number of fused-ring (bicyclic) bond motifs is 1. The number of ether oxygens (including phenoxy) is 1. The minimum Gasteiger partial charge on any atom is -0.486 e. The van der Waals surface area contributed by atoms with E-state index >= 15 is 0 Å². The number of nitrogens with two attached hydrogens (primary N) is 2. The van der Waals surface area contributed by atoms with E-state index in [1.807, 2.05) is 49.4 Å². The first-order valence-corrected chi connectivity index (χ1v) is 9.62. The van der Waals surface area contributed by atoms with Gasteiger partial charge < -0.3 is 25.5 Å². The maximum Gasteiger partial charge on any atom is 0.400 e. The van der Waals surface area contributed by atoms with Crippen LogP contribution in [0.4, 0.5) is 5.69 Å². The molecule has 0 radical (unpaired) electrons. The largest absolute Gasteiger partial charge is 0.486 e. The Labute approximate surface area is 178 Å². The molecule has 0 unspecified atom stereocenters. The van der Waals surface area contributed by atoms with Crippen LogP contribution in [0.15, 0.2) is 82.4 Å². The Morgan fingerprint density at radius 2 is 1.81 bits per heavy atom. The summed E-state index contributed by atoms with van der Waals surface area (Å²) < 4.78 is 11.3. The fourth-order valence-corrected chi connectivity index (χ4v) is 3.09. The molecule has 1 heterocycles. The number of benzene rings is 3. The molecule has 0 spiro atoms. The van der Waals surface area contributed by atoms with Gasteiger partial charge in [0.05, 0.1) is 0 Å². The van der Waals surface area contributed by atoms with Gasteiger partial charge in [0.25, 0.3) is 0 Å². The van der Waals surface area contributed by atoms with Crippen molar-refractivity contribution in [1.82, 2.24) is 0 Å². The molecule has 0 fully saturated rings. The van der Waals surface area contributed by atoms with Crippen LogP contribution in [-0.2, 0) is 11.4 Å². The Kier molecular flexibility index (Phi) is 5.57. The summed E-state index contributed by atoms with van der Waals surface area (Å²) in [6, 6.07) is 22.2. The highest BCUT2D eigenvalue weighted by molar-refractivity contribution is 6.00. The maximum atomic E-state index is 12.2. The third-order valence-electron chi connectivity index (χ3n) is 4.84. The molecular formula is C24H21N3O4. The van der Waals surface area contributed by atoms with Gasteiger partial charge in [-0.2, -0.15) is 0 Å². The lowest BCUT2D eigenvalue weighted by atomic mass is 10.1. The number of amidine groups is 1. The smallest absolute Gasteiger partial charge is 0.400 e. The van der Waals surface area contributed by atoms with Gasteiger partial charge in [-0.15, -0.1) is 0 Å². The van der Waals surface area contributed by atoms with Crippen LogP contribution in [0.5, 0.6) is 5.75 Å². The molecule has 0 bridgehead atoms. The molecule has 0 amide bonds. The van der Waals surface area contributed by atoms with Crippen LogP contribution in [0.3, 0.4) is 0 Å². The number of nitrogen functional groups attached to an aromatic ring is 1. The van der Waals surface area contributed by atoms with E-state index in [0.717, 1.165) is 16.3 Å². The molecule has 4 aromatic rings. The highest BCUT2D eigenvalue weighted by Crippen LogP contribution is 2.22. The Balaban J connectivity index is 1.38. The fraction of sp³-hybridized carbons (Fsp3) is 0.0833. The van der Waals surface area contributed by atoms with Gasteiger partial charge in [-0.1, -0.05) is 47.6 Å². The number of anilines is 1.